The molecule has 0 aliphatic carbocycles. The first kappa shape index (κ1) is 17.3. The second-order valence-corrected chi connectivity index (χ2v) is 4.32. The van der Waals surface area contributed by atoms with Crippen LogP contribution in [0, 0.1) is 0 Å². The molecule has 0 heterocycles. The molecular weight excluding hydrogens is 303 g/mol. The van der Waals surface area contributed by atoms with Crippen molar-refractivity contribution in [3.8, 4) is 5.75 Å². The predicted octanol–water partition coefficient (Wildman–Crippen LogP) is 4.21. The Hall–Kier alpha value is -1.72. The van der Waals surface area contributed by atoms with Gasteiger partial charge in [-0.1, -0.05) is 42.5 Å². The van der Waals surface area contributed by atoms with Crippen molar-refractivity contribution in [3.05, 3.63) is 65.7 Å². The zero-order chi connectivity index (χ0) is 14.6. The van der Waals surface area contributed by atoms with Crippen molar-refractivity contribution in [2.45, 2.75) is 12.2 Å². The van der Waals surface area contributed by atoms with Crippen LogP contribution >= 0.6 is 12.4 Å². The number of ether oxygens (including phenoxy) is 1. The fourth-order valence-corrected chi connectivity index (χ4v) is 1.80. The normalized spacial score (nSPS) is 12.4. The molecule has 21 heavy (non-hydrogen) atoms. The quantitative estimate of drug-likeness (QED) is 0.917. The summed E-state index contributed by atoms with van der Waals surface area (Å²) in [5.41, 5.74) is 5.92. The Morgan fingerprint density at radius 3 is 2.14 bits per heavy atom. The van der Waals surface area contributed by atoms with Crippen LogP contribution < -0.4 is 10.5 Å². The van der Waals surface area contributed by atoms with Crippen LogP contribution in [0.3, 0.4) is 0 Å². The maximum absolute atomic E-state index is 12.8. The van der Waals surface area contributed by atoms with Crippen LogP contribution in [0.2, 0.25) is 0 Å². The smallest absolute Gasteiger partial charge is 0.419 e. The van der Waals surface area contributed by atoms with Crippen LogP contribution in [0.1, 0.15) is 17.2 Å². The van der Waals surface area contributed by atoms with Crippen LogP contribution in [-0.4, -0.2) is 6.61 Å². The first-order chi connectivity index (χ1) is 9.48. The molecule has 0 aliphatic rings. The number of benzene rings is 2. The molecule has 0 radical (unpaired) electrons. The van der Waals surface area contributed by atoms with E-state index in [4.69, 9.17) is 10.5 Å². The summed E-state index contributed by atoms with van der Waals surface area (Å²) in [7, 11) is 0. The van der Waals surface area contributed by atoms with Crippen molar-refractivity contribution in [2.75, 3.05) is 6.61 Å². The monoisotopic (exact) mass is 317 g/mol. The van der Waals surface area contributed by atoms with Gasteiger partial charge in [-0.05, 0) is 17.7 Å². The largest absolute Gasteiger partial charge is 0.491 e. The number of hydrogen-bond donors (Lipinski definition) is 1. The van der Waals surface area contributed by atoms with Gasteiger partial charge in [-0.15, -0.1) is 12.4 Å². The van der Waals surface area contributed by atoms with E-state index in [0.29, 0.717) is 0 Å². The molecule has 0 aliphatic heterocycles. The fraction of sp³-hybridized carbons (Fsp3) is 0.200. The molecule has 0 aromatic heterocycles. The zero-order valence-corrected chi connectivity index (χ0v) is 11.8. The lowest BCUT2D eigenvalue weighted by atomic mass is 10.1. The summed E-state index contributed by atoms with van der Waals surface area (Å²) < 4.78 is 43.6. The first-order valence-electron chi connectivity index (χ1n) is 6.08. The van der Waals surface area contributed by atoms with Gasteiger partial charge in [0, 0.05) is 0 Å². The van der Waals surface area contributed by atoms with Crippen molar-refractivity contribution < 1.29 is 17.9 Å². The van der Waals surface area contributed by atoms with Crippen LogP contribution in [-0.2, 0) is 6.18 Å². The molecule has 0 saturated carbocycles. The Morgan fingerprint density at radius 1 is 0.952 bits per heavy atom. The van der Waals surface area contributed by atoms with Crippen LogP contribution in [0.5, 0.6) is 5.75 Å². The van der Waals surface area contributed by atoms with Gasteiger partial charge < -0.3 is 10.5 Å². The fourth-order valence-electron chi connectivity index (χ4n) is 1.80. The minimum absolute atomic E-state index is 0. The first-order valence-corrected chi connectivity index (χ1v) is 6.08. The molecule has 0 bridgehead atoms. The molecule has 2 aromatic carbocycles. The van der Waals surface area contributed by atoms with Gasteiger partial charge in [-0.25, -0.2) is 0 Å². The van der Waals surface area contributed by atoms with Crippen molar-refractivity contribution in [1.29, 1.82) is 0 Å². The number of rotatable bonds is 4. The van der Waals surface area contributed by atoms with Gasteiger partial charge in [0.05, 0.1) is 11.6 Å². The van der Waals surface area contributed by atoms with Crippen molar-refractivity contribution in [1.82, 2.24) is 0 Å². The number of hydrogen-bond acceptors (Lipinski definition) is 2. The molecule has 1 atom stereocenters. The van der Waals surface area contributed by atoms with E-state index in [9.17, 15) is 13.2 Å². The number of alkyl halides is 3. The molecule has 2 nitrogen and oxygen atoms in total. The topological polar surface area (TPSA) is 35.2 Å². The highest BCUT2D eigenvalue weighted by atomic mass is 35.5. The summed E-state index contributed by atoms with van der Waals surface area (Å²) in [6.45, 7) is -0.0168. The number of nitrogens with two attached hydrogens (primary N) is 1. The summed E-state index contributed by atoms with van der Waals surface area (Å²) in [5, 5.41) is 0. The maximum Gasteiger partial charge on any atom is 0.419 e. The summed E-state index contributed by atoms with van der Waals surface area (Å²) >= 11 is 0. The van der Waals surface area contributed by atoms with E-state index in [1.807, 2.05) is 30.3 Å². The van der Waals surface area contributed by atoms with Crippen LogP contribution in [0.15, 0.2) is 54.6 Å². The van der Waals surface area contributed by atoms with Gasteiger partial charge >= 0.3 is 6.18 Å². The van der Waals surface area contributed by atoms with Gasteiger partial charge in [-0.3, -0.25) is 0 Å². The van der Waals surface area contributed by atoms with Crippen LogP contribution in [0.4, 0.5) is 13.2 Å². The Morgan fingerprint density at radius 2 is 1.52 bits per heavy atom. The highest BCUT2D eigenvalue weighted by Gasteiger charge is 2.34. The van der Waals surface area contributed by atoms with E-state index < -0.39 is 17.8 Å². The molecule has 2 aromatic rings. The Labute approximate surface area is 127 Å². The van der Waals surface area contributed by atoms with E-state index in [1.165, 1.54) is 18.2 Å². The van der Waals surface area contributed by atoms with Gasteiger partial charge in [0.2, 0.25) is 0 Å². The molecule has 114 valence electrons. The number of para-hydroxylation sites is 1. The lowest BCUT2D eigenvalue weighted by molar-refractivity contribution is -0.139. The van der Waals surface area contributed by atoms with E-state index in [1.54, 1.807) is 0 Å². The third-order valence-electron chi connectivity index (χ3n) is 2.84. The van der Waals surface area contributed by atoms with Gasteiger partial charge in [0.25, 0.3) is 0 Å². The lowest BCUT2D eigenvalue weighted by Crippen LogP contribution is -2.20. The Bertz CT molecular complexity index is 560. The summed E-state index contributed by atoms with van der Waals surface area (Å²) in [6.07, 6.45) is -4.44. The molecule has 6 heteroatoms. The molecule has 0 amide bonds. The van der Waals surface area contributed by atoms with Crippen molar-refractivity contribution >= 4 is 12.4 Å². The standard InChI is InChI=1S/C15H14F3NO.ClH/c16-15(17,18)12-8-4-5-9-14(12)20-10-13(19)11-6-2-1-3-7-11;/h1-9,13H,10,19H2;1H. The average molecular weight is 318 g/mol. The van der Waals surface area contributed by atoms with E-state index >= 15 is 0 Å². The van der Waals surface area contributed by atoms with Crippen molar-refractivity contribution in [3.63, 3.8) is 0 Å². The minimum atomic E-state index is -4.44. The zero-order valence-electron chi connectivity index (χ0n) is 11.0. The van der Waals surface area contributed by atoms with Gasteiger partial charge in [0.1, 0.15) is 12.4 Å². The molecule has 2 rings (SSSR count). The third kappa shape index (κ3) is 4.65. The second kappa shape index (κ2) is 7.33. The molecular formula is C15H15ClF3NO. The molecule has 0 fully saturated rings. The summed E-state index contributed by atoms with van der Waals surface area (Å²) in [5.74, 6) is -0.202. The highest BCUT2D eigenvalue weighted by molar-refractivity contribution is 5.85. The minimum Gasteiger partial charge on any atom is -0.491 e. The van der Waals surface area contributed by atoms with Gasteiger partial charge in [0.15, 0.2) is 0 Å². The lowest BCUT2D eigenvalue weighted by Gasteiger charge is -2.17. The summed E-state index contributed by atoms with van der Waals surface area (Å²) in [4.78, 5) is 0. The van der Waals surface area contributed by atoms with E-state index in [0.717, 1.165) is 11.6 Å². The average Bonchev–Trinajstić information content (AvgIpc) is 2.45. The highest BCUT2D eigenvalue weighted by Crippen LogP contribution is 2.36. The van der Waals surface area contributed by atoms with Crippen LogP contribution in [0.25, 0.3) is 0 Å². The molecule has 1 unspecified atom stereocenters. The molecule has 0 saturated heterocycles. The Balaban J connectivity index is 0.00000220. The third-order valence-corrected chi connectivity index (χ3v) is 2.84. The predicted molar refractivity (Wildman–Crippen MR) is 77.6 cm³/mol. The number of halogens is 4. The molecule has 0 spiro atoms. The molecule has 2 N–H and O–H groups in total. The van der Waals surface area contributed by atoms with Gasteiger partial charge in [-0.2, -0.15) is 13.2 Å². The SMILES string of the molecule is Cl.NC(COc1ccccc1C(F)(F)F)c1ccccc1. The van der Waals surface area contributed by atoms with E-state index in [-0.39, 0.29) is 24.8 Å². The maximum atomic E-state index is 12.8. The summed E-state index contributed by atoms with van der Waals surface area (Å²) in [6, 6.07) is 13.7. The van der Waals surface area contributed by atoms with Crippen molar-refractivity contribution in [2.24, 2.45) is 5.73 Å². The Kier molecular flexibility index (Phi) is 6.05. The second-order valence-electron chi connectivity index (χ2n) is 4.32. The van der Waals surface area contributed by atoms with E-state index in [2.05, 4.69) is 0 Å².